The molecule has 0 aliphatic rings. The predicted octanol–water partition coefficient (Wildman–Crippen LogP) is 4.44. The van der Waals surface area contributed by atoms with Crippen LogP contribution in [0.15, 0.2) is 51.8 Å². The van der Waals surface area contributed by atoms with Crippen LogP contribution in [0.1, 0.15) is 10.4 Å². The van der Waals surface area contributed by atoms with Crippen molar-refractivity contribution in [1.29, 1.82) is 0 Å². The summed E-state index contributed by atoms with van der Waals surface area (Å²) in [6.07, 6.45) is 0. The SMILES string of the molecule is COc1cccc(OC)c1C(=O)CSc1ccc(Br)cc1. The molecule has 0 saturated carbocycles. The summed E-state index contributed by atoms with van der Waals surface area (Å²) in [5.41, 5.74) is 0.493. The molecule has 0 atom stereocenters. The first-order chi connectivity index (χ1) is 10.2. The Balaban J connectivity index is 2.15. The number of benzene rings is 2. The average Bonchev–Trinajstić information content (AvgIpc) is 2.53. The second-order valence-electron chi connectivity index (χ2n) is 4.20. The fraction of sp³-hybridized carbons (Fsp3) is 0.188. The first kappa shape index (κ1) is 15.9. The smallest absolute Gasteiger partial charge is 0.180 e. The zero-order valence-electron chi connectivity index (χ0n) is 11.8. The Hall–Kier alpha value is -1.46. The standard InChI is InChI=1S/C16H15BrO3S/c1-19-14-4-3-5-15(20-2)16(14)13(18)10-21-12-8-6-11(17)7-9-12/h3-9H,10H2,1-2H3. The number of rotatable bonds is 6. The predicted molar refractivity (Wildman–Crippen MR) is 88.7 cm³/mol. The largest absolute Gasteiger partial charge is 0.496 e. The van der Waals surface area contributed by atoms with Crippen molar-refractivity contribution in [2.45, 2.75) is 4.90 Å². The second kappa shape index (κ2) is 7.52. The molecule has 0 unspecified atom stereocenters. The van der Waals surface area contributed by atoms with Gasteiger partial charge >= 0.3 is 0 Å². The summed E-state index contributed by atoms with van der Waals surface area (Å²) in [6.45, 7) is 0. The number of carbonyl (C=O) groups excluding carboxylic acids is 1. The van der Waals surface area contributed by atoms with Gasteiger partial charge in [-0.25, -0.2) is 0 Å². The van der Waals surface area contributed by atoms with Gasteiger partial charge in [0.2, 0.25) is 0 Å². The van der Waals surface area contributed by atoms with Crippen LogP contribution in [-0.4, -0.2) is 25.8 Å². The van der Waals surface area contributed by atoms with Crippen LogP contribution in [-0.2, 0) is 0 Å². The number of hydrogen-bond acceptors (Lipinski definition) is 4. The van der Waals surface area contributed by atoms with E-state index in [-0.39, 0.29) is 5.78 Å². The summed E-state index contributed by atoms with van der Waals surface area (Å²) in [4.78, 5) is 13.5. The number of ether oxygens (including phenoxy) is 2. The monoisotopic (exact) mass is 366 g/mol. The van der Waals surface area contributed by atoms with Gasteiger partial charge in [0.05, 0.1) is 20.0 Å². The third-order valence-corrected chi connectivity index (χ3v) is 4.43. The quantitative estimate of drug-likeness (QED) is 0.559. The lowest BCUT2D eigenvalue weighted by Crippen LogP contribution is -2.07. The summed E-state index contributed by atoms with van der Waals surface area (Å²) in [6, 6.07) is 13.2. The van der Waals surface area contributed by atoms with Crippen molar-refractivity contribution in [3.05, 3.63) is 52.5 Å². The minimum absolute atomic E-state index is 0.0165. The molecule has 0 bridgehead atoms. The molecule has 2 aromatic rings. The van der Waals surface area contributed by atoms with Gasteiger partial charge in [-0.05, 0) is 36.4 Å². The molecule has 0 N–H and O–H groups in total. The van der Waals surface area contributed by atoms with Gasteiger partial charge < -0.3 is 9.47 Å². The first-order valence-corrected chi connectivity index (χ1v) is 8.06. The first-order valence-electron chi connectivity index (χ1n) is 6.28. The Morgan fingerprint density at radius 1 is 1.05 bits per heavy atom. The molecular formula is C16H15BrO3S. The molecular weight excluding hydrogens is 352 g/mol. The van der Waals surface area contributed by atoms with Crippen LogP contribution in [0.4, 0.5) is 0 Å². The number of ketones is 1. The van der Waals surface area contributed by atoms with Gasteiger partial charge in [0.15, 0.2) is 5.78 Å². The highest BCUT2D eigenvalue weighted by atomic mass is 79.9. The van der Waals surface area contributed by atoms with Gasteiger partial charge in [0, 0.05) is 9.37 Å². The molecule has 5 heteroatoms. The fourth-order valence-electron chi connectivity index (χ4n) is 1.88. The van der Waals surface area contributed by atoms with Gasteiger partial charge in [-0.15, -0.1) is 11.8 Å². The van der Waals surface area contributed by atoms with E-state index in [1.807, 2.05) is 24.3 Å². The van der Waals surface area contributed by atoms with Gasteiger partial charge in [-0.2, -0.15) is 0 Å². The summed E-state index contributed by atoms with van der Waals surface area (Å²) >= 11 is 4.88. The topological polar surface area (TPSA) is 35.5 Å². The number of methoxy groups -OCH3 is 2. The second-order valence-corrected chi connectivity index (χ2v) is 6.17. The van der Waals surface area contributed by atoms with Crippen LogP contribution in [0.5, 0.6) is 11.5 Å². The Kier molecular flexibility index (Phi) is 5.70. The number of thioether (sulfide) groups is 1. The van der Waals surface area contributed by atoms with Gasteiger partial charge in [0.25, 0.3) is 0 Å². The maximum atomic E-state index is 12.5. The molecule has 0 saturated heterocycles. The molecule has 0 amide bonds. The Labute approximate surface area is 136 Å². The zero-order chi connectivity index (χ0) is 15.2. The summed E-state index contributed by atoms with van der Waals surface area (Å²) in [5, 5.41) is 0. The maximum Gasteiger partial charge on any atom is 0.180 e. The van der Waals surface area contributed by atoms with Crippen molar-refractivity contribution in [3.8, 4) is 11.5 Å². The van der Waals surface area contributed by atoms with Crippen molar-refractivity contribution >= 4 is 33.5 Å². The van der Waals surface area contributed by atoms with Crippen molar-refractivity contribution in [2.24, 2.45) is 0 Å². The molecule has 21 heavy (non-hydrogen) atoms. The Morgan fingerprint density at radius 3 is 2.14 bits per heavy atom. The Morgan fingerprint density at radius 2 is 1.62 bits per heavy atom. The van der Waals surface area contributed by atoms with Crippen molar-refractivity contribution in [2.75, 3.05) is 20.0 Å². The van der Waals surface area contributed by atoms with Crippen LogP contribution >= 0.6 is 27.7 Å². The van der Waals surface area contributed by atoms with E-state index in [9.17, 15) is 4.79 Å². The summed E-state index contributed by atoms with van der Waals surface area (Å²) in [5.74, 6) is 1.39. The van der Waals surface area contributed by atoms with Crippen LogP contribution in [0.3, 0.4) is 0 Å². The van der Waals surface area contributed by atoms with Crippen LogP contribution < -0.4 is 9.47 Å². The summed E-state index contributed by atoms with van der Waals surface area (Å²) < 4.78 is 11.5. The molecule has 0 radical (unpaired) electrons. The van der Waals surface area contributed by atoms with E-state index in [1.165, 1.54) is 11.8 Å². The van der Waals surface area contributed by atoms with E-state index in [0.29, 0.717) is 22.8 Å². The van der Waals surface area contributed by atoms with Gasteiger partial charge in [-0.3, -0.25) is 4.79 Å². The molecule has 110 valence electrons. The lowest BCUT2D eigenvalue weighted by Gasteiger charge is -2.11. The van der Waals surface area contributed by atoms with E-state index in [4.69, 9.17) is 9.47 Å². The normalized spacial score (nSPS) is 10.2. The zero-order valence-corrected chi connectivity index (χ0v) is 14.2. The van der Waals surface area contributed by atoms with E-state index < -0.39 is 0 Å². The molecule has 2 rings (SSSR count). The van der Waals surface area contributed by atoms with Gasteiger partial charge in [-0.1, -0.05) is 22.0 Å². The molecule has 0 aliphatic carbocycles. The lowest BCUT2D eigenvalue weighted by molar-refractivity contribution is 0.101. The van der Waals surface area contributed by atoms with Crippen molar-refractivity contribution in [1.82, 2.24) is 0 Å². The minimum atomic E-state index is -0.0165. The van der Waals surface area contributed by atoms with Crippen molar-refractivity contribution < 1.29 is 14.3 Å². The molecule has 0 fully saturated rings. The van der Waals surface area contributed by atoms with E-state index in [2.05, 4.69) is 15.9 Å². The molecule has 3 nitrogen and oxygen atoms in total. The minimum Gasteiger partial charge on any atom is -0.496 e. The highest BCUT2D eigenvalue weighted by Crippen LogP contribution is 2.30. The van der Waals surface area contributed by atoms with Gasteiger partial charge in [0.1, 0.15) is 17.1 Å². The average molecular weight is 367 g/mol. The number of halogens is 1. The highest BCUT2D eigenvalue weighted by Gasteiger charge is 2.18. The lowest BCUT2D eigenvalue weighted by atomic mass is 10.1. The molecule has 2 aromatic carbocycles. The van der Waals surface area contributed by atoms with Crippen molar-refractivity contribution in [3.63, 3.8) is 0 Å². The molecule has 0 aromatic heterocycles. The highest BCUT2D eigenvalue weighted by molar-refractivity contribution is 9.10. The van der Waals surface area contributed by atoms with E-state index in [1.54, 1.807) is 32.4 Å². The third-order valence-electron chi connectivity index (χ3n) is 2.89. The van der Waals surface area contributed by atoms with E-state index in [0.717, 1.165) is 9.37 Å². The molecule has 0 heterocycles. The number of hydrogen-bond donors (Lipinski definition) is 0. The van der Waals surface area contributed by atoms with E-state index >= 15 is 0 Å². The molecule has 0 aliphatic heterocycles. The van der Waals surface area contributed by atoms with Crippen LogP contribution in [0.2, 0.25) is 0 Å². The Bertz CT molecular complexity index is 604. The van der Waals surface area contributed by atoms with Crippen LogP contribution in [0.25, 0.3) is 0 Å². The number of carbonyl (C=O) groups is 1. The third kappa shape index (κ3) is 4.02. The fourth-order valence-corrected chi connectivity index (χ4v) is 2.91. The van der Waals surface area contributed by atoms with Crippen LogP contribution in [0, 0.1) is 0 Å². The maximum absolute atomic E-state index is 12.5. The number of Topliss-reactive ketones (excluding diaryl/α,β-unsaturated/α-hetero) is 1. The summed E-state index contributed by atoms with van der Waals surface area (Å²) in [7, 11) is 3.10. The molecule has 0 spiro atoms.